The second-order valence-electron chi connectivity index (χ2n) is 4.05. The van der Waals surface area contributed by atoms with Crippen LogP contribution in [0.1, 0.15) is 33.6 Å². The van der Waals surface area contributed by atoms with Crippen LogP contribution in [0.4, 0.5) is 0 Å². The molecule has 0 bridgehead atoms. The number of hydrogen-bond donors (Lipinski definition) is 1. The van der Waals surface area contributed by atoms with Crippen molar-refractivity contribution in [3.63, 3.8) is 0 Å². The van der Waals surface area contributed by atoms with Crippen molar-refractivity contribution in [1.29, 1.82) is 0 Å². The van der Waals surface area contributed by atoms with Crippen molar-refractivity contribution in [1.82, 2.24) is 10.2 Å². The van der Waals surface area contributed by atoms with E-state index in [4.69, 9.17) is 0 Å². The van der Waals surface area contributed by atoms with E-state index in [2.05, 4.69) is 31.0 Å². The fraction of sp³-hybridized carbons (Fsp3) is 1.00. The van der Waals surface area contributed by atoms with Gasteiger partial charge in [0.2, 0.25) is 0 Å². The molecule has 0 radical (unpaired) electrons. The summed E-state index contributed by atoms with van der Waals surface area (Å²) in [5, 5.41) is 3.43. The van der Waals surface area contributed by atoms with Gasteiger partial charge in [0.1, 0.15) is 0 Å². The smallest absolute Gasteiger partial charge is 0.00959 e. The predicted octanol–water partition coefficient (Wildman–Crippen LogP) is 1.72. The molecule has 0 aliphatic carbocycles. The first-order valence-electron chi connectivity index (χ1n) is 5.74. The fourth-order valence-corrected chi connectivity index (χ4v) is 2.42. The molecule has 1 rings (SSSR count). The highest BCUT2D eigenvalue weighted by Crippen LogP contribution is 2.20. The molecular weight excluding hydrogens is 160 g/mol. The Hall–Kier alpha value is -0.0800. The molecule has 13 heavy (non-hydrogen) atoms. The molecule has 1 fully saturated rings. The molecule has 1 N–H and O–H groups in total. The Morgan fingerprint density at radius 1 is 1.23 bits per heavy atom. The lowest BCUT2D eigenvalue weighted by Crippen LogP contribution is -2.42. The van der Waals surface area contributed by atoms with E-state index in [9.17, 15) is 0 Å². The molecule has 0 spiro atoms. The topological polar surface area (TPSA) is 15.3 Å². The summed E-state index contributed by atoms with van der Waals surface area (Å²) in [5.41, 5.74) is 0. The van der Waals surface area contributed by atoms with E-state index >= 15 is 0 Å². The largest absolute Gasteiger partial charge is 0.317 e. The maximum absolute atomic E-state index is 3.43. The van der Waals surface area contributed by atoms with Crippen LogP contribution in [0.15, 0.2) is 0 Å². The number of rotatable bonds is 4. The molecule has 0 aromatic heterocycles. The summed E-state index contributed by atoms with van der Waals surface area (Å²) in [4.78, 5) is 2.58. The van der Waals surface area contributed by atoms with E-state index in [1.807, 2.05) is 0 Å². The third-order valence-electron chi connectivity index (χ3n) is 3.45. The molecule has 1 aliphatic rings. The SMILES string of the molecule is CCN(CC)C(C)C1CCNCC1. The Bertz CT molecular complexity index is 126. The highest BCUT2D eigenvalue weighted by Gasteiger charge is 2.22. The van der Waals surface area contributed by atoms with Crippen LogP contribution in [0.2, 0.25) is 0 Å². The molecule has 0 saturated carbocycles. The Morgan fingerprint density at radius 2 is 1.77 bits per heavy atom. The van der Waals surface area contributed by atoms with Gasteiger partial charge in [0, 0.05) is 6.04 Å². The standard InChI is InChI=1S/C11H24N2/c1-4-13(5-2)10(3)11-6-8-12-9-7-11/h10-12H,4-9H2,1-3H3. The molecule has 2 heteroatoms. The first kappa shape index (κ1) is 11.0. The van der Waals surface area contributed by atoms with E-state index in [1.54, 1.807) is 0 Å². The molecule has 78 valence electrons. The van der Waals surface area contributed by atoms with Gasteiger partial charge in [-0.05, 0) is 51.9 Å². The Kier molecular flexibility index (Phi) is 4.74. The average Bonchev–Trinajstić information content (AvgIpc) is 2.21. The number of piperidine rings is 1. The summed E-state index contributed by atoms with van der Waals surface area (Å²) in [6, 6.07) is 0.775. The van der Waals surface area contributed by atoms with Crippen LogP contribution in [-0.4, -0.2) is 37.1 Å². The van der Waals surface area contributed by atoms with Gasteiger partial charge in [-0.25, -0.2) is 0 Å². The molecule has 0 aromatic carbocycles. The van der Waals surface area contributed by atoms with E-state index in [0.717, 1.165) is 12.0 Å². The molecule has 1 saturated heterocycles. The van der Waals surface area contributed by atoms with Gasteiger partial charge in [0.05, 0.1) is 0 Å². The van der Waals surface area contributed by atoms with Crippen LogP contribution in [0.3, 0.4) is 0 Å². The molecule has 0 amide bonds. The monoisotopic (exact) mass is 184 g/mol. The quantitative estimate of drug-likeness (QED) is 0.715. The Morgan fingerprint density at radius 3 is 2.23 bits per heavy atom. The van der Waals surface area contributed by atoms with Crippen LogP contribution >= 0.6 is 0 Å². The zero-order valence-corrected chi connectivity index (χ0v) is 9.34. The van der Waals surface area contributed by atoms with Gasteiger partial charge in [-0.15, -0.1) is 0 Å². The average molecular weight is 184 g/mol. The van der Waals surface area contributed by atoms with Gasteiger partial charge in [-0.1, -0.05) is 13.8 Å². The van der Waals surface area contributed by atoms with E-state index < -0.39 is 0 Å². The second kappa shape index (κ2) is 5.61. The molecule has 1 aliphatic heterocycles. The van der Waals surface area contributed by atoms with Crippen LogP contribution in [-0.2, 0) is 0 Å². The second-order valence-corrected chi connectivity index (χ2v) is 4.05. The van der Waals surface area contributed by atoms with Gasteiger partial charge >= 0.3 is 0 Å². The van der Waals surface area contributed by atoms with Gasteiger partial charge in [-0.3, -0.25) is 0 Å². The van der Waals surface area contributed by atoms with E-state index in [1.165, 1.54) is 39.0 Å². The summed E-state index contributed by atoms with van der Waals surface area (Å²) < 4.78 is 0. The van der Waals surface area contributed by atoms with Crippen molar-refractivity contribution >= 4 is 0 Å². The minimum atomic E-state index is 0.775. The van der Waals surface area contributed by atoms with Gasteiger partial charge in [0.25, 0.3) is 0 Å². The number of nitrogens with one attached hydrogen (secondary N) is 1. The summed E-state index contributed by atoms with van der Waals surface area (Å²) in [7, 11) is 0. The van der Waals surface area contributed by atoms with Crippen molar-refractivity contribution < 1.29 is 0 Å². The number of nitrogens with zero attached hydrogens (tertiary/aromatic N) is 1. The van der Waals surface area contributed by atoms with Gasteiger partial charge in [0.15, 0.2) is 0 Å². The van der Waals surface area contributed by atoms with E-state index in [0.29, 0.717) is 0 Å². The lowest BCUT2D eigenvalue weighted by Gasteiger charge is -2.35. The van der Waals surface area contributed by atoms with Crippen LogP contribution < -0.4 is 5.32 Å². The fourth-order valence-electron chi connectivity index (χ4n) is 2.42. The Balaban J connectivity index is 2.38. The molecule has 1 heterocycles. The summed E-state index contributed by atoms with van der Waals surface area (Å²) in [5.74, 6) is 0.918. The van der Waals surface area contributed by atoms with Crippen molar-refractivity contribution in [2.24, 2.45) is 5.92 Å². The maximum atomic E-state index is 3.43. The zero-order chi connectivity index (χ0) is 9.68. The summed E-state index contributed by atoms with van der Waals surface area (Å²) >= 11 is 0. The first-order chi connectivity index (χ1) is 6.29. The normalized spacial score (nSPS) is 22.2. The molecule has 0 aromatic rings. The van der Waals surface area contributed by atoms with Crippen LogP contribution in [0.5, 0.6) is 0 Å². The minimum absolute atomic E-state index is 0.775. The van der Waals surface area contributed by atoms with Crippen molar-refractivity contribution in [2.45, 2.75) is 39.7 Å². The maximum Gasteiger partial charge on any atom is 0.00959 e. The van der Waals surface area contributed by atoms with Crippen molar-refractivity contribution in [3.8, 4) is 0 Å². The number of hydrogen-bond acceptors (Lipinski definition) is 2. The molecule has 1 unspecified atom stereocenters. The molecule has 1 atom stereocenters. The summed E-state index contributed by atoms with van der Waals surface area (Å²) in [6.07, 6.45) is 2.72. The Labute approximate surface area is 82.7 Å². The molecule has 2 nitrogen and oxygen atoms in total. The van der Waals surface area contributed by atoms with Crippen molar-refractivity contribution in [2.75, 3.05) is 26.2 Å². The highest BCUT2D eigenvalue weighted by molar-refractivity contribution is 4.78. The van der Waals surface area contributed by atoms with Crippen LogP contribution in [0.25, 0.3) is 0 Å². The van der Waals surface area contributed by atoms with Gasteiger partial charge < -0.3 is 10.2 Å². The van der Waals surface area contributed by atoms with E-state index in [-0.39, 0.29) is 0 Å². The third-order valence-corrected chi connectivity index (χ3v) is 3.45. The predicted molar refractivity (Wildman–Crippen MR) is 58.0 cm³/mol. The lowest BCUT2D eigenvalue weighted by atomic mass is 9.90. The minimum Gasteiger partial charge on any atom is -0.317 e. The summed E-state index contributed by atoms with van der Waals surface area (Å²) in [6.45, 7) is 11.8. The zero-order valence-electron chi connectivity index (χ0n) is 9.34. The van der Waals surface area contributed by atoms with Crippen LogP contribution in [0, 0.1) is 5.92 Å². The lowest BCUT2D eigenvalue weighted by molar-refractivity contribution is 0.146. The third kappa shape index (κ3) is 2.96. The molecular formula is C11H24N2. The van der Waals surface area contributed by atoms with Gasteiger partial charge in [-0.2, -0.15) is 0 Å². The highest BCUT2D eigenvalue weighted by atomic mass is 15.1. The van der Waals surface area contributed by atoms with Crippen molar-refractivity contribution in [3.05, 3.63) is 0 Å². The first-order valence-corrected chi connectivity index (χ1v) is 5.74.